The summed E-state index contributed by atoms with van der Waals surface area (Å²) in [5, 5.41) is 0. The first-order chi connectivity index (χ1) is 8.69. The van der Waals surface area contributed by atoms with Gasteiger partial charge in [-0.25, -0.2) is 0 Å². The van der Waals surface area contributed by atoms with Crippen LogP contribution in [-0.2, 0) is 6.42 Å². The van der Waals surface area contributed by atoms with Gasteiger partial charge in [0.25, 0.3) is 0 Å². The third-order valence-corrected chi connectivity index (χ3v) is 3.59. The van der Waals surface area contributed by atoms with Gasteiger partial charge in [-0.05, 0) is 52.9 Å². The lowest BCUT2D eigenvalue weighted by Gasteiger charge is -2.14. The van der Waals surface area contributed by atoms with E-state index in [1.807, 2.05) is 6.07 Å². The maximum absolute atomic E-state index is 5.29. The minimum Gasteiger partial charge on any atom is -0.497 e. The highest BCUT2D eigenvalue weighted by atomic mass is 16.5. The molecule has 0 bridgehead atoms. The van der Waals surface area contributed by atoms with Gasteiger partial charge in [-0.15, -0.1) is 0 Å². The summed E-state index contributed by atoms with van der Waals surface area (Å²) < 4.78 is 5.29. The number of anilines is 1. The molecule has 0 atom stereocenters. The van der Waals surface area contributed by atoms with Gasteiger partial charge in [0.1, 0.15) is 5.75 Å². The lowest BCUT2D eigenvalue weighted by molar-refractivity contribution is 0.414. The SMILES string of the molecule is COc1ccc2c(c1)Cc1ccc(N(C)C)cc1-2. The Morgan fingerprint density at radius 2 is 1.78 bits per heavy atom. The second-order valence-corrected chi connectivity index (χ2v) is 4.94. The summed E-state index contributed by atoms with van der Waals surface area (Å²) in [4.78, 5) is 2.14. The van der Waals surface area contributed by atoms with Crippen LogP contribution in [0.25, 0.3) is 11.1 Å². The molecular weight excluding hydrogens is 222 g/mol. The Morgan fingerprint density at radius 3 is 2.50 bits per heavy atom. The van der Waals surface area contributed by atoms with Gasteiger partial charge in [-0.2, -0.15) is 0 Å². The van der Waals surface area contributed by atoms with Crippen molar-refractivity contribution in [3.05, 3.63) is 47.5 Å². The Hall–Kier alpha value is -1.96. The molecule has 1 aliphatic rings. The molecule has 0 saturated heterocycles. The molecule has 2 heteroatoms. The van der Waals surface area contributed by atoms with Gasteiger partial charge >= 0.3 is 0 Å². The van der Waals surface area contributed by atoms with E-state index < -0.39 is 0 Å². The Balaban J connectivity index is 2.11. The first-order valence-corrected chi connectivity index (χ1v) is 6.16. The molecule has 18 heavy (non-hydrogen) atoms. The first-order valence-electron chi connectivity index (χ1n) is 6.16. The fourth-order valence-corrected chi connectivity index (χ4v) is 2.56. The van der Waals surface area contributed by atoms with Crippen molar-refractivity contribution >= 4 is 5.69 Å². The molecule has 0 saturated carbocycles. The number of fused-ring (bicyclic) bond motifs is 3. The standard InChI is InChI=1S/C16H17NO/c1-17(2)13-5-4-11-8-12-9-14(18-3)6-7-15(12)16(11)10-13/h4-7,9-10H,8H2,1-3H3. The molecule has 0 radical (unpaired) electrons. The Bertz CT molecular complexity index is 602. The van der Waals surface area contributed by atoms with Gasteiger partial charge in [0.2, 0.25) is 0 Å². The fourth-order valence-electron chi connectivity index (χ4n) is 2.56. The van der Waals surface area contributed by atoms with Crippen LogP contribution in [0.4, 0.5) is 5.69 Å². The van der Waals surface area contributed by atoms with E-state index in [9.17, 15) is 0 Å². The van der Waals surface area contributed by atoms with E-state index in [0.29, 0.717) is 0 Å². The van der Waals surface area contributed by atoms with Gasteiger partial charge < -0.3 is 9.64 Å². The molecule has 0 aromatic heterocycles. The largest absolute Gasteiger partial charge is 0.497 e. The number of methoxy groups -OCH3 is 1. The molecule has 2 nitrogen and oxygen atoms in total. The highest BCUT2D eigenvalue weighted by Crippen LogP contribution is 2.39. The third-order valence-electron chi connectivity index (χ3n) is 3.59. The zero-order valence-corrected chi connectivity index (χ0v) is 11.0. The molecular formula is C16H17NO. The van der Waals surface area contributed by atoms with E-state index >= 15 is 0 Å². The number of hydrogen-bond donors (Lipinski definition) is 0. The molecule has 2 aromatic rings. The van der Waals surface area contributed by atoms with Crippen LogP contribution in [-0.4, -0.2) is 21.2 Å². The molecule has 92 valence electrons. The normalized spacial score (nSPS) is 11.9. The summed E-state index contributed by atoms with van der Waals surface area (Å²) in [7, 11) is 5.87. The van der Waals surface area contributed by atoms with Crippen LogP contribution in [0.5, 0.6) is 5.75 Å². The van der Waals surface area contributed by atoms with E-state index in [4.69, 9.17) is 4.74 Å². The predicted molar refractivity (Wildman–Crippen MR) is 75.6 cm³/mol. The zero-order valence-electron chi connectivity index (χ0n) is 11.0. The van der Waals surface area contributed by atoms with Gasteiger partial charge in [0.15, 0.2) is 0 Å². The number of rotatable bonds is 2. The molecule has 0 N–H and O–H groups in total. The summed E-state index contributed by atoms with van der Waals surface area (Å²) in [6, 6.07) is 13.0. The van der Waals surface area contributed by atoms with Crippen molar-refractivity contribution in [3.8, 4) is 16.9 Å². The average Bonchev–Trinajstić information content (AvgIpc) is 2.74. The fraction of sp³-hybridized carbons (Fsp3) is 0.250. The van der Waals surface area contributed by atoms with Crippen LogP contribution in [0.1, 0.15) is 11.1 Å². The van der Waals surface area contributed by atoms with Crippen LogP contribution in [0.15, 0.2) is 36.4 Å². The second-order valence-electron chi connectivity index (χ2n) is 4.94. The number of hydrogen-bond acceptors (Lipinski definition) is 2. The van der Waals surface area contributed by atoms with E-state index in [0.717, 1.165) is 12.2 Å². The second kappa shape index (κ2) is 4.05. The van der Waals surface area contributed by atoms with Crippen molar-refractivity contribution < 1.29 is 4.74 Å². The maximum atomic E-state index is 5.29. The summed E-state index contributed by atoms with van der Waals surface area (Å²) in [6.07, 6.45) is 1.01. The van der Waals surface area contributed by atoms with Crippen molar-refractivity contribution in [2.24, 2.45) is 0 Å². The van der Waals surface area contributed by atoms with Crippen molar-refractivity contribution in [3.63, 3.8) is 0 Å². The van der Waals surface area contributed by atoms with Crippen molar-refractivity contribution in [1.29, 1.82) is 0 Å². The molecule has 0 unspecified atom stereocenters. The summed E-state index contributed by atoms with van der Waals surface area (Å²) >= 11 is 0. The highest BCUT2D eigenvalue weighted by Gasteiger charge is 2.19. The number of benzene rings is 2. The van der Waals surface area contributed by atoms with Crippen molar-refractivity contribution in [1.82, 2.24) is 0 Å². The van der Waals surface area contributed by atoms with Gasteiger partial charge in [-0.3, -0.25) is 0 Å². The molecule has 0 spiro atoms. The monoisotopic (exact) mass is 239 g/mol. The minimum atomic E-state index is 0.939. The topological polar surface area (TPSA) is 12.5 Å². The highest BCUT2D eigenvalue weighted by molar-refractivity contribution is 5.80. The van der Waals surface area contributed by atoms with Crippen LogP contribution in [0, 0.1) is 0 Å². The summed E-state index contributed by atoms with van der Waals surface area (Å²) in [5.41, 5.74) is 6.72. The Kier molecular flexibility index (Phi) is 2.51. The van der Waals surface area contributed by atoms with Crippen LogP contribution < -0.4 is 9.64 Å². The van der Waals surface area contributed by atoms with Crippen LogP contribution >= 0.6 is 0 Å². The maximum Gasteiger partial charge on any atom is 0.119 e. The number of ether oxygens (including phenoxy) is 1. The van der Waals surface area contributed by atoms with Gasteiger partial charge in [-0.1, -0.05) is 12.1 Å². The lowest BCUT2D eigenvalue weighted by atomic mass is 10.0. The molecule has 1 aliphatic carbocycles. The van der Waals surface area contributed by atoms with E-state index in [-0.39, 0.29) is 0 Å². The van der Waals surface area contributed by atoms with Crippen LogP contribution in [0.3, 0.4) is 0 Å². The minimum absolute atomic E-state index is 0.939. The quantitative estimate of drug-likeness (QED) is 0.680. The summed E-state index contributed by atoms with van der Waals surface area (Å²) in [5.74, 6) is 0.939. The Labute approximate surface area is 108 Å². The van der Waals surface area contributed by atoms with Gasteiger partial charge in [0.05, 0.1) is 7.11 Å². The predicted octanol–water partition coefficient (Wildman–Crippen LogP) is 3.33. The summed E-state index contributed by atoms with van der Waals surface area (Å²) in [6.45, 7) is 0. The molecule has 0 fully saturated rings. The van der Waals surface area contributed by atoms with Gasteiger partial charge in [0, 0.05) is 19.8 Å². The lowest BCUT2D eigenvalue weighted by Crippen LogP contribution is -2.08. The number of nitrogens with zero attached hydrogens (tertiary/aromatic N) is 1. The zero-order chi connectivity index (χ0) is 12.7. The van der Waals surface area contributed by atoms with Crippen molar-refractivity contribution in [2.75, 3.05) is 26.1 Å². The van der Waals surface area contributed by atoms with E-state index in [1.165, 1.54) is 27.9 Å². The van der Waals surface area contributed by atoms with E-state index in [2.05, 4.69) is 49.3 Å². The average molecular weight is 239 g/mol. The molecule has 0 heterocycles. The smallest absolute Gasteiger partial charge is 0.119 e. The molecule has 0 amide bonds. The van der Waals surface area contributed by atoms with Crippen molar-refractivity contribution in [2.45, 2.75) is 6.42 Å². The molecule has 3 rings (SSSR count). The first kappa shape index (κ1) is 11.1. The Morgan fingerprint density at radius 1 is 0.944 bits per heavy atom. The van der Waals surface area contributed by atoms with E-state index in [1.54, 1.807) is 7.11 Å². The molecule has 0 aliphatic heterocycles. The van der Waals surface area contributed by atoms with Crippen LogP contribution in [0.2, 0.25) is 0 Å². The third kappa shape index (κ3) is 1.65. The molecule has 2 aromatic carbocycles.